The average Bonchev–Trinajstić information content (AvgIpc) is 2.57. The van der Waals surface area contributed by atoms with E-state index in [0.717, 1.165) is 0 Å². The fraction of sp³-hybridized carbons (Fsp3) is 0.235. The number of ether oxygens (including phenoxy) is 3. The van der Waals surface area contributed by atoms with E-state index in [9.17, 15) is 9.35 Å². The first-order chi connectivity index (χ1) is 11.8. The molecule has 0 fully saturated rings. The van der Waals surface area contributed by atoms with Crippen LogP contribution in [0.15, 0.2) is 41.3 Å². The molecule has 2 aromatic carbocycles. The maximum absolute atomic E-state index is 11.5. The molecule has 5 nitrogen and oxygen atoms in total. The van der Waals surface area contributed by atoms with Gasteiger partial charge in [-0.15, -0.1) is 0 Å². The molecular formula is C17H16Cl2O5S. The first kappa shape index (κ1) is 19.7. The van der Waals surface area contributed by atoms with E-state index >= 15 is 0 Å². The maximum Gasteiger partial charge on any atom is 0.346 e. The summed E-state index contributed by atoms with van der Waals surface area (Å²) in [5.41, 5.74) is 0. The van der Waals surface area contributed by atoms with Gasteiger partial charge in [-0.05, 0) is 42.4 Å². The molecular weight excluding hydrogens is 387 g/mol. The highest BCUT2D eigenvalue weighted by atomic mass is 35.5. The fourth-order valence-electron chi connectivity index (χ4n) is 1.93. The van der Waals surface area contributed by atoms with Crippen LogP contribution < -0.4 is 9.47 Å². The molecule has 0 radical (unpaired) electrons. The monoisotopic (exact) mass is 402 g/mol. The average molecular weight is 403 g/mol. The van der Waals surface area contributed by atoms with Gasteiger partial charge < -0.3 is 18.8 Å². The molecule has 2 atom stereocenters. The van der Waals surface area contributed by atoms with Crippen LogP contribution in [0.3, 0.4) is 0 Å². The molecule has 2 rings (SSSR count). The van der Waals surface area contributed by atoms with Crippen molar-refractivity contribution in [1.82, 2.24) is 0 Å². The molecule has 0 bridgehead atoms. The summed E-state index contributed by atoms with van der Waals surface area (Å²) in [6.45, 7) is 1.56. The first-order valence-electron chi connectivity index (χ1n) is 7.16. The fourth-order valence-corrected chi connectivity index (χ4v) is 2.91. The van der Waals surface area contributed by atoms with Crippen molar-refractivity contribution in [3.05, 3.63) is 46.4 Å². The lowest BCUT2D eigenvalue weighted by Gasteiger charge is -2.17. The van der Waals surface area contributed by atoms with Gasteiger partial charge in [0.15, 0.2) is 22.5 Å². The summed E-state index contributed by atoms with van der Waals surface area (Å²) in [5, 5.41) is 0.718. The number of benzene rings is 2. The van der Waals surface area contributed by atoms with Gasteiger partial charge in [0.05, 0.1) is 12.1 Å². The molecule has 0 saturated carbocycles. The van der Waals surface area contributed by atoms with Gasteiger partial charge in [0.25, 0.3) is 0 Å². The predicted octanol–water partition coefficient (Wildman–Crippen LogP) is 4.46. The van der Waals surface area contributed by atoms with Crippen LogP contribution in [0.1, 0.15) is 6.92 Å². The number of halogens is 2. The zero-order valence-corrected chi connectivity index (χ0v) is 16.1. The summed E-state index contributed by atoms with van der Waals surface area (Å²) in [7, 11) is 1.28. The van der Waals surface area contributed by atoms with Crippen molar-refractivity contribution < 1.29 is 23.6 Å². The molecule has 2 aromatic rings. The van der Waals surface area contributed by atoms with Crippen molar-refractivity contribution in [2.75, 3.05) is 13.4 Å². The number of carbonyl (C=O) groups excluding carboxylic acids is 1. The van der Waals surface area contributed by atoms with Crippen LogP contribution in [0.4, 0.5) is 0 Å². The third-order valence-electron chi connectivity index (χ3n) is 3.20. The Morgan fingerprint density at radius 3 is 2.40 bits per heavy atom. The Kier molecular flexibility index (Phi) is 6.84. The number of methoxy groups -OCH3 is 1. The van der Waals surface area contributed by atoms with Crippen LogP contribution in [0.2, 0.25) is 10.0 Å². The summed E-state index contributed by atoms with van der Waals surface area (Å²) in [4.78, 5) is 12.1. The van der Waals surface area contributed by atoms with Crippen LogP contribution in [-0.4, -0.2) is 30.0 Å². The molecule has 25 heavy (non-hydrogen) atoms. The van der Waals surface area contributed by atoms with Crippen molar-refractivity contribution in [3.8, 4) is 17.2 Å². The Morgan fingerprint density at radius 1 is 1.12 bits per heavy atom. The first-order valence-corrected chi connectivity index (χ1v) is 9.48. The molecule has 0 aliphatic carbocycles. The Labute approximate surface area is 159 Å². The minimum atomic E-state index is -1.15. The molecule has 0 amide bonds. The summed E-state index contributed by atoms with van der Waals surface area (Å²) in [6, 6.07) is 9.56. The Morgan fingerprint density at radius 2 is 1.80 bits per heavy atom. The lowest BCUT2D eigenvalue weighted by molar-refractivity contribution is -0.147. The SMILES string of the molecule is COC(=O)C(C)Oc1ccc(Cl)cc1Oc1ccc([S+](C)[O-])cc1Cl. The predicted molar refractivity (Wildman–Crippen MR) is 97.4 cm³/mol. The minimum Gasteiger partial charge on any atom is -0.612 e. The van der Waals surface area contributed by atoms with Crippen molar-refractivity contribution >= 4 is 40.3 Å². The van der Waals surface area contributed by atoms with E-state index in [-0.39, 0.29) is 5.75 Å². The molecule has 0 N–H and O–H groups in total. The van der Waals surface area contributed by atoms with Crippen LogP contribution in [-0.2, 0) is 20.7 Å². The molecule has 0 aliphatic heterocycles. The molecule has 134 valence electrons. The van der Waals surface area contributed by atoms with E-state index in [0.29, 0.717) is 26.4 Å². The van der Waals surface area contributed by atoms with E-state index in [1.165, 1.54) is 7.11 Å². The summed E-state index contributed by atoms with van der Waals surface area (Å²) in [5.74, 6) is 0.416. The second-order valence-corrected chi connectivity index (χ2v) is 7.25. The van der Waals surface area contributed by atoms with Crippen LogP contribution in [0.25, 0.3) is 0 Å². The van der Waals surface area contributed by atoms with Crippen LogP contribution >= 0.6 is 23.2 Å². The third kappa shape index (κ3) is 5.19. The number of carbonyl (C=O) groups is 1. The molecule has 0 spiro atoms. The zero-order valence-electron chi connectivity index (χ0n) is 13.7. The Balaban J connectivity index is 2.30. The molecule has 0 heterocycles. The molecule has 0 aromatic heterocycles. The van der Waals surface area contributed by atoms with E-state index in [1.54, 1.807) is 49.6 Å². The van der Waals surface area contributed by atoms with Gasteiger partial charge in [-0.1, -0.05) is 23.2 Å². The summed E-state index contributed by atoms with van der Waals surface area (Å²) < 4.78 is 27.5. The second-order valence-electron chi connectivity index (χ2n) is 5.02. The lowest BCUT2D eigenvalue weighted by atomic mass is 10.3. The number of esters is 1. The van der Waals surface area contributed by atoms with Gasteiger partial charge in [0.1, 0.15) is 12.0 Å². The van der Waals surface area contributed by atoms with Gasteiger partial charge >= 0.3 is 5.97 Å². The number of hydrogen-bond donors (Lipinski definition) is 0. The van der Waals surface area contributed by atoms with E-state index in [4.69, 9.17) is 32.7 Å². The second kappa shape index (κ2) is 8.67. The molecule has 0 saturated heterocycles. The number of rotatable bonds is 6. The van der Waals surface area contributed by atoms with Gasteiger partial charge in [0.2, 0.25) is 0 Å². The Bertz CT molecular complexity index is 767. The quantitative estimate of drug-likeness (QED) is 0.526. The third-order valence-corrected chi connectivity index (χ3v) is 4.65. The minimum absolute atomic E-state index is 0.288. The normalized spacial score (nSPS) is 13.0. The van der Waals surface area contributed by atoms with Gasteiger partial charge in [0, 0.05) is 17.2 Å². The van der Waals surface area contributed by atoms with Gasteiger partial charge in [-0.2, -0.15) is 0 Å². The zero-order chi connectivity index (χ0) is 18.6. The summed E-state index contributed by atoms with van der Waals surface area (Å²) in [6.07, 6.45) is 0.734. The van der Waals surface area contributed by atoms with E-state index < -0.39 is 23.2 Å². The van der Waals surface area contributed by atoms with E-state index in [2.05, 4.69) is 4.74 Å². The summed E-state index contributed by atoms with van der Waals surface area (Å²) >= 11 is 11.0. The number of hydrogen-bond acceptors (Lipinski definition) is 5. The molecule has 8 heteroatoms. The van der Waals surface area contributed by atoms with Crippen molar-refractivity contribution in [2.45, 2.75) is 17.9 Å². The molecule has 0 aliphatic rings. The lowest BCUT2D eigenvalue weighted by Crippen LogP contribution is -2.25. The Hall–Kier alpha value is -1.60. The van der Waals surface area contributed by atoms with Crippen LogP contribution in [0.5, 0.6) is 17.2 Å². The maximum atomic E-state index is 11.5. The molecule has 2 unspecified atom stereocenters. The standard InChI is InChI=1S/C17H16Cl2O5S/c1-10(17(20)22-2)23-15-6-4-11(18)8-16(15)24-14-7-5-12(25(3)21)9-13(14)19/h4-10H,1-3H3. The van der Waals surface area contributed by atoms with Gasteiger partial charge in [-0.3, -0.25) is 0 Å². The van der Waals surface area contributed by atoms with Crippen LogP contribution in [0, 0.1) is 0 Å². The highest BCUT2D eigenvalue weighted by molar-refractivity contribution is 7.90. The largest absolute Gasteiger partial charge is 0.612 e. The van der Waals surface area contributed by atoms with E-state index in [1.807, 2.05) is 0 Å². The topological polar surface area (TPSA) is 67.8 Å². The highest BCUT2D eigenvalue weighted by Gasteiger charge is 2.19. The van der Waals surface area contributed by atoms with Crippen molar-refractivity contribution in [1.29, 1.82) is 0 Å². The van der Waals surface area contributed by atoms with Gasteiger partial charge in [-0.25, -0.2) is 4.79 Å². The smallest absolute Gasteiger partial charge is 0.346 e. The van der Waals surface area contributed by atoms with Crippen molar-refractivity contribution in [3.63, 3.8) is 0 Å². The van der Waals surface area contributed by atoms with Crippen molar-refractivity contribution in [2.24, 2.45) is 0 Å². The highest BCUT2D eigenvalue weighted by Crippen LogP contribution is 2.38.